The molecule has 1 aliphatic rings. The number of ether oxygens (including phenoxy) is 2. The van der Waals surface area contributed by atoms with Crippen LogP contribution in [0.2, 0.25) is 5.02 Å². The lowest BCUT2D eigenvalue weighted by molar-refractivity contribution is 0.174. The molecular formula is C16H15ClFNO3. The van der Waals surface area contributed by atoms with Crippen LogP contribution in [0.15, 0.2) is 30.3 Å². The van der Waals surface area contributed by atoms with Crippen molar-refractivity contribution in [1.82, 2.24) is 4.90 Å². The molecule has 0 fully saturated rings. The lowest BCUT2D eigenvalue weighted by atomic mass is 10.1. The minimum atomic E-state index is -0.339. The van der Waals surface area contributed by atoms with Crippen molar-refractivity contribution >= 4 is 11.6 Å². The normalized spacial score (nSPS) is 12.9. The molecule has 2 aromatic carbocycles. The summed E-state index contributed by atoms with van der Waals surface area (Å²) >= 11 is 6.03. The van der Waals surface area contributed by atoms with E-state index in [2.05, 4.69) is 0 Å². The van der Waals surface area contributed by atoms with Gasteiger partial charge in [-0.1, -0.05) is 17.7 Å². The highest BCUT2D eigenvalue weighted by atomic mass is 35.5. The molecule has 4 nitrogen and oxygen atoms in total. The molecule has 0 radical (unpaired) electrons. The van der Waals surface area contributed by atoms with Gasteiger partial charge in [-0.3, -0.25) is 4.90 Å². The van der Waals surface area contributed by atoms with Gasteiger partial charge in [0.2, 0.25) is 6.79 Å². The molecule has 22 heavy (non-hydrogen) atoms. The lowest BCUT2D eigenvalue weighted by Gasteiger charge is -2.19. The fourth-order valence-corrected chi connectivity index (χ4v) is 2.62. The Balaban J connectivity index is 1.76. The van der Waals surface area contributed by atoms with Crippen molar-refractivity contribution in [1.29, 1.82) is 0 Å². The van der Waals surface area contributed by atoms with Crippen LogP contribution in [0.1, 0.15) is 11.1 Å². The van der Waals surface area contributed by atoms with Gasteiger partial charge in [-0.2, -0.15) is 0 Å². The van der Waals surface area contributed by atoms with Crippen molar-refractivity contribution in [3.63, 3.8) is 0 Å². The van der Waals surface area contributed by atoms with Gasteiger partial charge in [-0.15, -0.1) is 0 Å². The zero-order valence-corrected chi connectivity index (χ0v) is 12.7. The summed E-state index contributed by atoms with van der Waals surface area (Å²) in [5.41, 5.74) is 1.12. The molecule has 0 spiro atoms. The first kappa shape index (κ1) is 14.9. The molecule has 1 aliphatic heterocycles. The van der Waals surface area contributed by atoms with E-state index < -0.39 is 0 Å². The van der Waals surface area contributed by atoms with E-state index in [1.54, 1.807) is 18.2 Å². The molecule has 116 valence electrons. The predicted octanol–water partition coefficient (Wildman–Crippen LogP) is 3.55. The highest BCUT2D eigenvalue weighted by molar-refractivity contribution is 6.31. The Kier molecular flexibility index (Phi) is 4.09. The van der Waals surface area contributed by atoms with Gasteiger partial charge in [0, 0.05) is 35.3 Å². The monoisotopic (exact) mass is 323 g/mol. The van der Waals surface area contributed by atoms with Crippen LogP contribution in [0.25, 0.3) is 0 Å². The highest BCUT2D eigenvalue weighted by Crippen LogP contribution is 2.38. The van der Waals surface area contributed by atoms with Gasteiger partial charge in [-0.05, 0) is 25.2 Å². The molecule has 0 saturated heterocycles. The number of phenolic OH excluding ortho intramolecular Hbond substituents is 1. The van der Waals surface area contributed by atoms with Gasteiger partial charge in [0.05, 0.1) is 0 Å². The first-order chi connectivity index (χ1) is 10.5. The van der Waals surface area contributed by atoms with Crippen LogP contribution in [-0.4, -0.2) is 23.8 Å². The second-order valence-electron chi connectivity index (χ2n) is 5.21. The Hall–Kier alpha value is -1.98. The molecule has 0 saturated carbocycles. The molecule has 0 bridgehead atoms. The SMILES string of the molecule is CN(Cc1cc2c(cc1O)OCO2)Cc1c(F)cccc1Cl. The summed E-state index contributed by atoms with van der Waals surface area (Å²) in [4.78, 5) is 1.86. The molecule has 0 unspecified atom stereocenters. The Labute approximate surface area is 132 Å². The Bertz CT molecular complexity index is 688. The Morgan fingerprint density at radius 1 is 1.23 bits per heavy atom. The zero-order valence-electron chi connectivity index (χ0n) is 12.0. The lowest BCUT2D eigenvalue weighted by Crippen LogP contribution is -2.18. The molecule has 6 heteroatoms. The van der Waals surface area contributed by atoms with Gasteiger partial charge in [0.15, 0.2) is 11.5 Å². The first-order valence-electron chi connectivity index (χ1n) is 6.77. The average Bonchev–Trinajstić information content (AvgIpc) is 2.90. The van der Waals surface area contributed by atoms with Crippen molar-refractivity contribution in [2.24, 2.45) is 0 Å². The summed E-state index contributed by atoms with van der Waals surface area (Å²) in [6.07, 6.45) is 0. The van der Waals surface area contributed by atoms with Crippen molar-refractivity contribution in [3.05, 3.63) is 52.3 Å². The van der Waals surface area contributed by atoms with E-state index in [1.165, 1.54) is 12.1 Å². The number of fused-ring (bicyclic) bond motifs is 1. The number of nitrogens with zero attached hydrogens (tertiary/aromatic N) is 1. The number of phenols is 1. The molecular weight excluding hydrogens is 309 g/mol. The standard InChI is InChI=1S/C16H15ClFNO3/c1-19(8-11-12(17)3-2-4-13(11)18)7-10-5-15-16(6-14(10)20)22-9-21-15/h2-6,20H,7-9H2,1H3. The topological polar surface area (TPSA) is 41.9 Å². The maximum atomic E-state index is 13.8. The Morgan fingerprint density at radius 2 is 1.95 bits per heavy atom. The smallest absolute Gasteiger partial charge is 0.231 e. The third-order valence-corrected chi connectivity index (χ3v) is 3.86. The van der Waals surface area contributed by atoms with Gasteiger partial charge >= 0.3 is 0 Å². The summed E-state index contributed by atoms with van der Waals surface area (Å²) in [6, 6.07) is 7.88. The van der Waals surface area contributed by atoms with E-state index in [0.717, 1.165) is 0 Å². The highest BCUT2D eigenvalue weighted by Gasteiger charge is 2.18. The molecule has 1 heterocycles. The molecule has 0 aliphatic carbocycles. The maximum Gasteiger partial charge on any atom is 0.231 e. The molecule has 0 aromatic heterocycles. The maximum absolute atomic E-state index is 13.8. The van der Waals surface area contributed by atoms with Crippen LogP contribution in [0.5, 0.6) is 17.2 Å². The van der Waals surface area contributed by atoms with E-state index in [1.807, 2.05) is 11.9 Å². The number of halogens is 2. The van der Waals surface area contributed by atoms with Gasteiger partial charge in [0.25, 0.3) is 0 Å². The van der Waals surface area contributed by atoms with E-state index in [9.17, 15) is 9.50 Å². The van der Waals surface area contributed by atoms with E-state index in [4.69, 9.17) is 21.1 Å². The minimum Gasteiger partial charge on any atom is -0.507 e. The molecule has 2 aromatic rings. The van der Waals surface area contributed by atoms with Gasteiger partial charge in [0.1, 0.15) is 11.6 Å². The van der Waals surface area contributed by atoms with Crippen molar-refractivity contribution in [3.8, 4) is 17.2 Å². The van der Waals surface area contributed by atoms with E-state index in [-0.39, 0.29) is 18.4 Å². The number of benzene rings is 2. The average molecular weight is 324 g/mol. The molecule has 1 N–H and O–H groups in total. The second kappa shape index (κ2) is 6.02. The Morgan fingerprint density at radius 3 is 2.68 bits per heavy atom. The van der Waals surface area contributed by atoms with Gasteiger partial charge < -0.3 is 14.6 Å². The number of aromatic hydroxyl groups is 1. The summed E-state index contributed by atoms with van der Waals surface area (Å²) < 4.78 is 24.3. The summed E-state index contributed by atoms with van der Waals surface area (Å²) in [5.74, 6) is 0.913. The summed E-state index contributed by atoms with van der Waals surface area (Å²) in [7, 11) is 1.83. The number of hydrogen-bond donors (Lipinski definition) is 1. The van der Waals surface area contributed by atoms with Crippen LogP contribution in [0.3, 0.4) is 0 Å². The molecule has 0 amide bonds. The predicted molar refractivity (Wildman–Crippen MR) is 80.8 cm³/mol. The van der Waals surface area contributed by atoms with E-state index >= 15 is 0 Å². The first-order valence-corrected chi connectivity index (χ1v) is 7.15. The third kappa shape index (κ3) is 2.96. The quantitative estimate of drug-likeness (QED) is 0.934. The van der Waals surface area contributed by atoms with Crippen LogP contribution in [0, 0.1) is 5.82 Å². The number of hydrogen-bond acceptors (Lipinski definition) is 4. The van der Waals surface area contributed by atoms with E-state index in [0.29, 0.717) is 40.7 Å². The van der Waals surface area contributed by atoms with Crippen LogP contribution in [-0.2, 0) is 13.1 Å². The fourth-order valence-electron chi connectivity index (χ4n) is 2.40. The summed E-state index contributed by atoms with van der Waals surface area (Å²) in [6.45, 7) is 0.908. The van der Waals surface area contributed by atoms with Crippen molar-refractivity contribution in [2.75, 3.05) is 13.8 Å². The summed E-state index contributed by atoms with van der Waals surface area (Å²) in [5, 5.41) is 10.4. The molecule has 0 atom stereocenters. The largest absolute Gasteiger partial charge is 0.507 e. The second-order valence-corrected chi connectivity index (χ2v) is 5.61. The van der Waals surface area contributed by atoms with Crippen LogP contribution in [0.4, 0.5) is 4.39 Å². The fraction of sp³-hybridized carbons (Fsp3) is 0.250. The van der Waals surface area contributed by atoms with Crippen molar-refractivity contribution < 1.29 is 19.0 Å². The third-order valence-electron chi connectivity index (χ3n) is 3.50. The molecule has 3 rings (SSSR count). The van der Waals surface area contributed by atoms with Crippen molar-refractivity contribution in [2.45, 2.75) is 13.1 Å². The zero-order chi connectivity index (χ0) is 15.7. The minimum absolute atomic E-state index is 0.121. The van der Waals surface area contributed by atoms with Crippen LogP contribution >= 0.6 is 11.6 Å². The number of rotatable bonds is 4. The van der Waals surface area contributed by atoms with Crippen LogP contribution < -0.4 is 9.47 Å². The van der Waals surface area contributed by atoms with Gasteiger partial charge in [-0.25, -0.2) is 4.39 Å².